The van der Waals surface area contributed by atoms with Crippen molar-refractivity contribution in [3.05, 3.63) is 65.9 Å². The highest BCUT2D eigenvalue weighted by molar-refractivity contribution is 6.15. The van der Waals surface area contributed by atoms with Gasteiger partial charge in [0.05, 0.1) is 5.69 Å². The number of anilines is 1. The topological polar surface area (TPSA) is 73.9 Å². The highest BCUT2D eigenvalue weighted by Gasteiger charge is 2.38. The highest BCUT2D eigenvalue weighted by Crippen LogP contribution is 2.31. The summed E-state index contributed by atoms with van der Waals surface area (Å²) in [5.74, 6) is -1.48. The van der Waals surface area contributed by atoms with Gasteiger partial charge in [0.25, 0.3) is 5.79 Å². The number of cyclic esters (lactones) is 2. The normalized spacial score (nSPS) is 15.7. The molecular formula is C20H19NO5. The SMILES string of the molecule is Cc1ccccc1Oc1ccccc1NC=C1C(=O)OC(C)(C)OC1=O. The van der Waals surface area contributed by atoms with Crippen LogP contribution in [0, 0.1) is 6.92 Å². The number of rotatable bonds is 4. The van der Waals surface area contributed by atoms with E-state index in [9.17, 15) is 9.59 Å². The van der Waals surface area contributed by atoms with Gasteiger partial charge in [0, 0.05) is 20.0 Å². The second kappa shape index (κ2) is 6.92. The zero-order valence-corrected chi connectivity index (χ0v) is 14.7. The van der Waals surface area contributed by atoms with E-state index in [1.807, 2.05) is 43.3 Å². The van der Waals surface area contributed by atoms with Crippen LogP contribution in [0.2, 0.25) is 0 Å². The Labute approximate surface area is 151 Å². The molecule has 0 bridgehead atoms. The molecule has 0 spiro atoms. The summed E-state index contributed by atoms with van der Waals surface area (Å²) in [6.07, 6.45) is 1.26. The number of esters is 2. The first kappa shape index (κ1) is 17.5. The molecule has 0 unspecified atom stereocenters. The van der Waals surface area contributed by atoms with Crippen LogP contribution in [-0.2, 0) is 19.1 Å². The second-order valence-electron chi connectivity index (χ2n) is 6.24. The minimum absolute atomic E-state index is 0.213. The van der Waals surface area contributed by atoms with Gasteiger partial charge >= 0.3 is 11.9 Å². The Balaban J connectivity index is 1.82. The van der Waals surface area contributed by atoms with Crippen molar-refractivity contribution in [3.8, 4) is 11.5 Å². The van der Waals surface area contributed by atoms with Crippen molar-refractivity contribution in [1.29, 1.82) is 0 Å². The molecule has 2 aromatic carbocycles. The van der Waals surface area contributed by atoms with E-state index in [2.05, 4.69) is 5.32 Å². The third kappa shape index (κ3) is 3.85. The molecule has 1 N–H and O–H groups in total. The molecule has 1 aliphatic rings. The standard InChI is InChI=1S/C20H19NO5/c1-13-8-4-6-10-16(13)24-17-11-7-5-9-15(17)21-12-14-18(22)25-20(2,3)26-19(14)23/h4-12,21H,1-3H3. The molecule has 0 atom stereocenters. The van der Waals surface area contributed by atoms with Gasteiger partial charge in [-0.25, -0.2) is 9.59 Å². The van der Waals surface area contributed by atoms with Gasteiger partial charge in [-0.05, 0) is 30.7 Å². The van der Waals surface area contributed by atoms with Crippen LogP contribution in [0.25, 0.3) is 0 Å². The fourth-order valence-corrected chi connectivity index (χ4v) is 2.39. The third-order valence-corrected chi connectivity index (χ3v) is 3.69. The molecule has 1 saturated heterocycles. The number of hydrogen-bond donors (Lipinski definition) is 1. The average molecular weight is 353 g/mol. The van der Waals surface area contributed by atoms with E-state index >= 15 is 0 Å². The van der Waals surface area contributed by atoms with Crippen LogP contribution >= 0.6 is 0 Å². The molecule has 1 fully saturated rings. The van der Waals surface area contributed by atoms with Crippen LogP contribution < -0.4 is 10.1 Å². The van der Waals surface area contributed by atoms with Gasteiger partial charge in [0.2, 0.25) is 0 Å². The van der Waals surface area contributed by atoms with Crippen LogP contribution in [0.5, 0.6) is 11.5 Å². The van der Waals surface area contributed by atoms with Crippen molar-refractivity contribution >= 4 is 17.6 Å². The summed E-state index contributed by atoms with van der Waals surface area (Å²) in [5.41, 5.74) is 1.37. The van der Waals surface area contributed by atoms with E-state index in [4.69, 9.17) is 14.2 Å². The summed E-state index contributed by atoms with van der Waals surface area (Å²) in [6.45, 7) is 4.94. The summed E-state index contributed by atoms with van der Waals surface area (Å²) < 4.78 is 16.1. The Morgan fingerprint density at radius 2 is 1.50 bits per heavy atom. The number of aryl methyl sites for hydroxylation is 1. The number of benzene rings is 2. The second-order valence-corrected chi connectivity index (χ2v) is 6.24. The maximum atomic E-state index is 12.0. The predicted molar refractivity (Wildman–Crippen MR) is 95.7 cm³/mol. The summed E-state index contributed by atoms with van der Waals surface area (Å²) in [5, 5.41) is 2.92. The van der Waals surface area contributed by atoms with E-state index in [1.165, 1.54) is 20.0 Å². The van der Waals surface area contributed by atoms with Crippen molar-refractivity contribution in [3.63, 3.8) is 0 Å². The van der Waals surface area contributed by atoms with E-state index < -0.39 is 17.7 Å². The molecular weight excluding hydrogens is 334 g/mol. The smallest absolute Gasteiger partial charge is 0.350 e. The Bertz CT molecular complexity index is 863. The molecule has 1 aliphatic heterocycles. The zero-order valence-electron chi connectivity index (χ0n) is 14.7. The number of hydrogen-bond acceptors (Lipinski definition) is 6. The van der Waals surface area contributed by atoms with Gasteiger partial charge in [0.15, 0.2) is 11.3 Å². The van der Waals surface area contributed by atoms with Crippen molar-refractivity contribution in [1.82, 2.24) is 0 Å². The molecule has 6 heteroatoms. The predicted octanol–water partition coefficient (Wildman–Crippen LogP) is 3.92. The molecule has 0 amide bonds. The number of carbonyl (C=O) groups is 2. The fraction of sp³-hybridized carbons (Fsp3) is 0.200. The van der Waals surface area contributed by atoms with Crippen molar-refractivity contribution in [2.24, 2.45) is 0 Å². The summed E-state index contributed by atoms with van der Waals surface area (Å²) in [6, 6.07) is 14.8. The van der Waals surface area contributed by atoms with E-state index in [0.29, 0.717) is 17.2 Å². The number of carbonyl (C=O) groups excluding carboxylic acids is 2. The lowest BCUT2D eigenvalue weighted by molar-refractivity contribution is -0.222. The van der Waals surface area contributed by atoms with Gasteiger partial charge in [0.1, 0.15) is 5.75 Å². The summed E-state index contributed by atoms with van der Waals surface area (Å²) in [4.78, 5) is 24.0. The van der Waals surface area contributed by atoms with Gasteiger partial charge < -0.3 is 19.5 Å². The highest BCUT2D eigenvalue weighted by atomic mass is 16.7. The lowest BCUT2D eigenvalue weighted by atomic mass is 10.2. The molecule has 0 aliphatic carbocycles. The van der Waals surface area contributed by atoms with E-state index in [0.717, 1.165) is 5.56 Å². The van der Waals surface area contributed by atoms with Crippen LogP contribution in [0.1, 0.15) is 19.4 Å². The Morgan fingerprint density at radius 1 is 0.923 bits per heavy atom. The van der Waals surface area contributed by atoms with Gasteiger partial charge in [-0.3, -0.25) is 0 Å². The largest absolute Gasteiger partial charge is 0.455 e. The van der Waals surface area contributed by atoms with Crippen LogP contribution in [0.3, 0.4) is 0 Å². The monoisotopic (exact) mass is 353 g/mol. The van der Waals surface area contributed by atoms with Crippen molar-refractivity contribution in [2.75, 3.05) is 5.32 Å². The lowest BCUT2D eigenvalue weighted by Gasteiger charge is -2.29. The van der Waals surface area contributed by atoms with Gasteiger partial charge in [-0.1, -0.05) is 30.3 Å². The molecule has 134 valence electrons. The van der Waals surface area contributed by atoms with Crippen LogP contribution in [-0.4, -0.2) is 17.7 Å². The maximum absolute atomic E-state index is 12.0. The third-order valence-electron chi connectivity index (χ3n) is 3.69. The maximum Gasteiger partial charge on any atom is 0.350 e. The first-order valence-electron chi connectivity index (χ1n) is 8.12. The molecule has 0 saturated carbocycles. The first-order chi connectivity index (χ1) is 12.4. The molecule has 3 rings (SSSR count). The lowest BCUT2D eigenvalue weighted by Crippen LogP contribution is -2.42. The van der Waals surface area contributed by atoms with E-state index in [-0.39, 0.29) is 5.57 Å². The molecule has 6 nitrogen and oxygen atoms in total. The summed E-state index contributed by atoms with van der Waals surface area (Å²) in [7, 11) is 0. The van der Waals surface area contributed by atoms with Crippen molar-refractivity contribution < 1.29 is 23.8 Å². The fourth-order valence-electron chi connectivity index (χ4n) is 2.39. The molecule has 26 heavy (non-hydrogen) atoms. The molecule has 0 radical (unpaired) electrons. The average Bonchev–Trinajstić information content (AvgIpc) is 2.56. The minimum Gasteiger partial charge on any atom is -0.455 e. The Morgan fingerprint density at radius 3 is 2.15 bits per heavy atom. The van der Waals surface area contributed by atoms with Crippen LogP contribution in [0.4, 0.5) is 5.69 Å². The van der Waals surface area contributed by atoms with Crippen LogP contribution in [0.15, 0.2) is 60.3 Å². The minimum atomic E-state index is -1.27. The Kier molecular flexibility index (Phi) is 4.67. The van der Waals surface area contributed by atoms with E-state index in [1.54, 1.807) is 12.1 Å². The molecule has 2 aromatic rings. The summed E-state index contributed by atoms with van der Waals surface area (Å²) >= 11 is 0. The molecule has 0 aromatic heterocycles. The quantitative estimate of drug-likeness (QED) is 0.510. The van der Waals surface area contributed by atoms with Crippen molar-refractivity contribution in [2.45, 2.75) is 26.6 Å². The number of nitrogens with one attached hydrogen (secondary N) is 1. The molecule has 1 heterocycles. The number of para-hydroxylation sites is 3. The van der Waals surface area contributed by atoms with Gasteiger partial charge in [-0.15, -0.1) is 0 Å². The van der Waals surface area contributed by atoms with Gasteiger partial charge in [-0.2, -0.15) is 0 Å². The number of ether oxygens (including phenoxy) is 3. The first-order valence-corrected chi connectivity index (χ1v) is 8.12. The zero-order chi connectivity index (χ0) is 18.7. The Hall–Kier alpha value is -3.28.